The van der Waals surface area contributed by atoms with Gasteiger partial charge in [0.05, 0.1) is 12.4 Å². The molecule has 7 nitrogen and oxygen atoms in total. The van der Waals surface area contributed by atoms with Gasteiger partial charge in [0.15, 0.2) is 0 Å². The van der Waals surface area contributed by atoms with E-state index in [0.29, 0.717) is 12.0 Å². The minimum absolute atomic E-state index is 0.0948. The maximum absolute atomic E-state index is 12.0. The largest absolute Gasteiger partial charge is 0.356 e. The topological polar surface area (TPSA) is 118 Å². The van der Waals surface area contributed by atoms with Crippen LogP contribution in [-0.2, 0) is 9.59 Å². The fourth-order valence-electron chi connectivity index (χ4n) is 2.12. The fraction of sp³-hybridized carbons (Fsp3) is 0.455. The number of rotatable bonds is 5. The van der Waals surface area contributed by atoms with Crippen molar-refractivity contribution in [2.75, 3.05) is 6.54 Å². The summed E-state index contributed by atoms with van der Waals surface area (Å²) in [5.74, 6) is -0.247. The Morgan fingerprint density at radius 3 is 2.72 bits per heavy atom. The predicted octanol–water partition coefficient (Wildman–Crippen LogP) is -0.889. The van der Waals surface area contributed by atoms with Crippen LogP contribution in [0, 0.1) is 16.7 Å². The van der Waals surface area contributed by atoms with Crippen molar-refractivity contribution in [3.8, 4) is 0 Å². The van der Waals surface area contributed by atoms with Crippen molar-refractivity contribution in [1.82, 2.24) is 16.0 Å². The molecule has 2 aliphatic rings. The Balaban J connectivity index is 2.06. The van der Waals surface area contributed by atoms with Gasteiger partial charge in [0.25, 0.3) is 11.8 Å². The van der Waals surface area contributed by atoms with Gasteiger partial charge in [0.2, 0.25) is 0 Å². The molecule has 5 N–H and O–H groups in total. The van der Waals surface area contributed by atoms with Crippen molar-refractivity contribution in [1.29, 1.82) is 10.8 Å². The van der Waals surface area contributed by atoms with Crippen LogP contribution in [0.1, 0.15) is 12.8 Å². The molecule has 1 saturated carbocycles. The smallest absolute Gasteiger partial charge is 0.270 e. The highest BCUT2D eigenvalue weighted by Crippen LogP contribution is 2.41. The summed E-state index contributed by atoms with van der Waals surface area (Å²) in [4.78, 5) is 23.4. The first-order chi connectivity index (χ1) is 8.49. The summed E-state index contributed by atoms with van der Waals surface area (Å²) in [5.41, 5.74) is -1.28. The lowest BCUT2D eigenvalue weighted by atomic mass is 9.93. The van der Waals surface area contributed by atoms with E-state index in [0.717, 1.165) is 12.8 Å². The minimum Gasteiger partial charge on any atom is -0.356 e. The van der Waals surface area contributed by atoms with Gasteiger partial charge in [-0.2, -0.15) is 0 Å². The molecule has 1 saturated heterocycles. The molecule has 1 heterocycles. The highest BCUT2D eigenvalue weighted by molar-refractivity contribution is 6.59. The molecule has 0 aromatic rings. The van der Waals surface area contributed by atoms with Crippen molar-refractivity contribution in [2.24, 2.45) is 5.92 Å². The molecule has 96 valence electrons. The molecule has 0 unspecified atom stereocenters. The van der Waals surface area contributed by atoms with Crippen LogP contribution in [0.5, 0.6) is 0 Å². The molecule has 1 aliphatic heterocycles. The standard InChI is InChI=1S/C11H15N5O2/c1-6-15-10(18)11(16-6,7-2-3-7)5-14-9(17)8(13)4-12/h4,7,12-13,16H,1-3,5H2,(H,14,17)(H,15,18)/t11-/m0/s1. The Morgan fingerprint density at radius 2 is 2.28 bits per heavy atom. The van der Waals surface area contributed by atoms with Crippen LogP contribution in [0.25, 0.3) is 0 Å². The van der Waals surface area contributed by atoms with E-state index >= 15 is 0 Å². The highest BCUT2D eigenvalue weighted by atomic mass is 16.2. The van der Waals surface area contributed by atoms with Gasteiger partial charge in [-0.05, 0) is 18.8 Å². The molecule has 0 spiro atoms. The molecule has 0 bridgehead atoms. The van der Waals surface area contributed by atoms with Gasteiger partial charge in [-0.3, -0.25) is 15.0 Å². The molecule has 2 amide bonds. The normalized spacial score (nSPS) is 26.2. The van der Waals surface area contributed by atoms with Crippen LogP contribution in [0.4, 0.5) is 0 Å². The molecule has 1 aliphatic carbocycles. The maximum atomic E-state index is 12.0. The van der Waals surface area contributed by atoms with Crippen molar-refractivity contribution in [3.63, 3.8) is 0 Å². The second-order valence-corrected chi connectivity index (χ2v) is 4.54. The predicted molar refractivity (Wildman–Crippen MR) is 65.4 cm³/mol. The Hall–Kier alpha value is -2.18. The van der Waals surface area contributed by atoms with E-state index in [2.05, 4.69) is 22.5 Å². The van der Waals surface area contributed by atoms with Gasteiger partial charge >= 0.3 is 0 Å². The second kappa shape index (κ2) is 4.25. The lowest BCUT2D eigenvalue weighted by Crippen LogP contribution is -2.57. The van der Waals surface area contributed by atoms with Crippen molar-refractivity contribution >= 4 is 23.7 Å². The Bertz CT molecular complexity index is 454. The first-order valence-electron chi connectivity index (χ1n) is 5.65. The summed E-state index contributed by atoms with van der Waals surface area (Å²) >= 11 is 0. The number of hydrogen-bond acceptors (Lipinski definition) is 5. The number of nitrogens with one attached hydrogen (secondary N) is 5. The van der Waals surface area contributed by atoms with Gasteiger partial charge in [-0.25, -0.2) is 0 Å². The molecule has 7 heteroatoms. The van der Waals surface area contributed by atoms with Crippen molar-refractivity contribution in [3.05, 3.63) is 12.4 Å². The monoisotopic (exact) mass is 249 g/mol. The zero-order valence-corrected chi connectivity index (χ0v) is 9.80. The highest BCUT2D eigenvalue weighted by Gasteiger charge is 2.54. The van der Waals surface area contributed by atoms with E-state index in [1.165, 1.54) is 0 Å². The van der Waals surface area contributed by atoms with Crippen LogP contribution in [-0.4, -0.2) is 35.8 Å². The van der Waals surface area contributed by atoms with E-state index in [9.17, 15) is 9.59 Å². The molecule has 0 radical (unpaired) electrons. The zero-order chi connectivity index (χ0) is 13.3. The molecule has 18 heavy (non-hydrogen) atoms. The summed E-state index contributed by atoms with van der Waals surface area (Å²) in [7, 11) is 0. The first-order valence-corrected chi connectivity index (χ1v) is 5.65. The maximum Gasteiger partial charge on any atom is 0.270 e. The van der Waals surface area contributed by atoms with Gasteiger partial charge in [-0.1, -0.05) is 6.58 Å². The molecular formula is C11H15N5O2. The minimum atomic E-state index is -0.852. The van der Waals surface area contributed by atoms with Gasteiger partial charge in [-0.15, -0.1) is 0 Å². The van der Waals surface area contributed by atoms with Crippen LogP contribution in [0.2, 0.25) is 0 Å². The van der Waals surface area contributed by atoms with Gasteiger partial charge in [0, 0.05) is 6.21 Å². The molecule has 2 fully saturated rings. The van der Waals surface area contributed by atoms with E-state index in [1.807, 2.05) is 0 Å². The quantitative estimate of drug-likeness (QED) is 0.407. The van der Waals surface area contributed by atoms with E-state index in [4.69, 9.17) is 10.8 Å². The van der Waals surface area contributed by atoms with E-state index in [1.54, 1.807) is 0 Å². The molecular weight excluding hydrogens is 234 g/mol. The SMILES string of the molecule is C=C1NC(=O)[C@](CNC(=O)C(=N)C=N)(C2CC2)N1. The average molecular weight is 249 g/mol. The average Bonchev–Trinajstić information content (AvgIpc) is 3.13. The third-order valence-electron chi connectivity index (χ3n) is 3.23. The van der Waals surface area contributed by atoms with Crippen LogP contribution < -0.4 is 16.0 Å². The summed E-state index contributed by atoms with van der Waals surface area (Å²) in [6, 6.07) is 0. The van der Waals surface area contributed by atoms with E-state index < -0.39 is 17.2 Å². The number of carbonyl (C=O) groups is 2. The molecule has 2 rings (SSSR count). The summed E-state index contributed by atoms with van der Waals surface area (Å²) in [6.07, 6.45) is 2.51. The van der Waals surface area contributed by atoms with Crippen LogP contribution in [0.3, 0.4) is 0 Å². The van der Waals surface area contributed by atoms with Crippen LogP contribution >= 0.6 is 0 Å². The molecule has 0 aromatic carbocycles. The fourth-order valence-corrected chi connectivity index (χ4v) is 2.12. The number of amides is 2. The molecule has 1 atom stereocenters. The van der Waals surface area contributed by atoms with Gasteiger partial charge in [0.1, 0.15) is 11.3 Å². The Kier molecular flexibility index (Phi) is 2.90. The summed E-state index contributed by atoms with van der Waals surface area (Å²) in [5, 5.41) is 22.1. The van der Waals surface area contributed by atoms with Gasteiger partial charge < -0.3 is 21.4 Å². The lowest BCUT2D eigenvalue weighted by Gasteiger charge is -2.26. The van der Waals surface area contributed by atoms with Crippen LogP contribution in [0.15, 0.2) is 12.4 Å². The number of hydrogen-bond donors (Lipinski definition) is 5. The van der Waals surface area contributed by atoms with Crippen molar-refractivity contribution < 1.29 is 9.59 Å². The second-order valence-electron chi connectivity index (χ2n) is 4.54. The number of carbonyl (C=O) groups excluding carboxylic acids is 2. The zero-order valence-electron chi connectivity index (χ0n) is 9.80. The van der Waals surface area contributed by atoms with E-state index in [-0.39, 0.29) is 18.4 Å². The Labute approximate surface area is 104 Å². The third kappa shape index (κ3) is 1.99. The summed E-state index contributed by atoms with van der Waals surface area (Å²) < 4.78 is 0. The van der Waals surface area contributed by atoms with Crippen molar-refractivity contribution in [2.45, 2.75) is 18.4 Å². The summed E-state index contributed by atoms with van der Waals surface area (Å²) in [6.45, 7) is 3.75. The first kappa shape index (κ1) is 12.3. The molecule has 0 aromatic heterocycles. The Morgan fingerprint density at radius 1 is 1.61 bits per heavy atom. The lowest BCUT2D eigenvalue weighted by molar-refractivity contribution is -0.125. The third-order valence-corrected chi connectivity index (χ3v) is 3.23.